The second-order valence-corrected chi connectivity index (χ2v) is 4.33. The van der Waals surface area contributed by atoms with Gasteiger partial charge in [-0.2, -0.15) is 5.10 Å². The lowest BCUT2D eigenvalue weighted by Crippen LogP contribution is -2.41. The van der Waals surface area contributed by atoms with E-state index in [2.05, 4.69) is 10.4 Å². The van der Waals surface area contributed by atoms with Crippen LogP contribution in [0.2, 0.25) is 0 Å². The molecule has 1 N–H and O–H groups in total. The molecule has 0 saturated carbocycles. The van der Waals surface area contributed by atoms with Crippen LogP contribution >= 0.6 is 0 Å². The standard InChI is InChI=1S/C11H17N3O2/c1-8(7-14-5-3-4-12-14)13-10-6-9(2)16-11(10)15/h3-5,8-10,13H,6-7H2,1-2H3/t8-,9+,10+/m1/s1. The van der Waals surface area contributed by atoms with Crippen molar-refractivity contribution in [2.75, 3.05) is 0 Å². The van der Waals surface area contributed by atoms with Gasteiger partial charge in [-0.1, -0.05) is 0 Å². The van der Waals surface area contributed by atoms with E-state index >= 15 is 0 Å². The quantitative estimate of drug-likeness (QED) is 0.758. The molecule has 0 bridgehead atoms. The van der Waals surface area contributed by atoms with Crippen LogP contribution in [0, 0.1) is 0 Å². The number of ether oxygens (including phenoxy) is 1. The Morgan fingerprint density at radius 1 is 1.75 bits per heavy atom. The summed E-state index contributed by atoms with van der Waals surface area (Å²) in [6.07, 6.45) is 4.44. The minimum absolute atomic E-state index is 0.0295. The lowest BCUT2D eigenvalue weighted by Gasteiger charge is -2.16. The second kappa shape index (κ2) is 4.65. The number of aromatic nitrogens is 2. The SMILES string of the molecule is C[C@H](Cn1cccn1)N[C@H]1C[C@H](C)OC1=O. The number of rotatable bonds is 4. The van der Waals surface area contributed by atoms with Gasteiger partial charge in [-0.15, -0.1) is 0 Å². The molecule has 1 aliphatic heterocycles. The third kappa shape index (κ3) is 2.61. The zero-order chi connectivity index (χ0) is 11.5. The Balaban J connectivity index is 1.83. The van der Waals surface area contributed by atoms with Gasteiger partial charge < -0.3 is 4.74 Å². The molecule has 0 amide bonds. The summed E-state index contributed by atoms with van der Waals surface area (Å²) in [6, 6.07) is 1.92. The number of nitrogens with zero attached hydrogens (tertiary/aromatic N) is 2. The summed E-state index contributed by atoms with van der Waals surface area (Å²) in [6.45, 7) is 4.71. The van der Waals surface area contributed by atoms with Gasteiger partial charge in [-0.05, 0) is 19.9 Å². The average Bonchev–Trinajstić information content (AvgIpc) is 2.78. The fraction of sp³-hybridized carbons (Fsp3) is 0.636. The molecule has 1 aliphatic rings. The van der Waals surface area contributed by atoms with Gasteiger partial charge in [0.05, 0.1) is 6.54 Å². The highest BCUT2D eigenvalue weighted by Gasteiger charge is 2.32. The molecular weight excluding hydrogens is 206 g/mol. The number of esters is 1. The Bertz CT molecular complexity index is 350. The summed E-state index contributed by atoms with van der Waals surface area (Å²) in [5, 5.41) is 7.39. The third-order valence-electron chi connectivity index (χ3n) is 2.68. The van der Waals surface area contributed by atoms with E-state index in [0.29, 0.717) is 0 Å². The van der Waals surface area contributed by atoms with Crippen molar-refractivity contribution in [1.82, 2.24) is 15.1 Å². The molecule has 0 radical (unpaired) electrons. The van der Waals surface area contributed by atoms with E-state index in [1.165, 1.54) is 0 Å². The summed E-state index contributed by atoms with van der Waals surface area (Å²) >= 11 is 0. The third-order valence-corrected chi connectivity index (χ3v) is 2.68. The predicted molar refractivity (Wildman–Crippen MR) is 58.8 cm³/mol. The summed E-state index contributed by atoms with van der Waals surface area (Å²) in [7, 11) is 0. The maximum Gasteiger partial charge on any atom is 0.323 e. The molecule has 1 aromatic rings. The van der Waals surface area contributed by atoms with Gasteiger partial charge in [-0.3, -0.25) is 14.8 Å². The Morgan fingerprint density at radius 3 is 3.12 bits per heavy atom. The molecule has 0 aliphatic carbocycles. The summed E-state index contributed by atoms with van der Waals surface area (Å²) in [5.41, 5.74) is 0. The minimum Gasteiger partial charge on any atom is -0.461 e. The Hall–Kier alpha value is -1.36. The topological polar surface area (TPSA) is 56.1 Å². The van der Waals surface area contributed by atoms with Gasteiger partial charge in [0.25, 0.3) is 0 Å². The summed E-state index contributed by atoms with van der Waals surface area (Å²) < 4.78 is 6.93. The van der Waals surface area contributed by atoms with Crippen LogP contribution in [-0.4, -0.2) is 33.9 Å². The molecule has 2 heterocycles. The van der Waals surface area contributed by atoms with Gasteiger partial charge in [0.1, 0.15) is 12.1 Å². The van der Waals surface area contributed by atoms with Crippen molar-refractivity contribution in [3.05, 3.63) is 18.5 Å². The van der Waals surface area contributed by atoms with Crippen LogP contribution in [0.4, 0.5) is 0 Å². The van der Waals surface area contributed by atoms with Crippen LogP contribution in [0.3, 0.4) is 0 Å². The van der Waals surface area contributed by atoms with Gasteiger partial charge in [0, 0.05) is 24.9 Å². The molecule has 5 heteroatoms. The number of hydrogen-bond acceptors (Lipinski definition) is 4. The molecule has 3 atom stereocenters. The van der Waals surface area contributed by atoms with Crippen molar-refractivity contribution in [3.8, 4) is 0 Å². The van der Waals surface area contributed by atoms with Crippen molar-refractivity contribution in [2.24, 2.45) is 0 Å². The van der Waals surface area contributed by atoms with E-state index in [0.717, 1.165) is 13.0 Å². The molecule has 0 unspecified atom stereocenters. The molecule has 0 spiro atoms. The molecule has 88 valence electrons. The highest BCUT2D eigenvalue weighted by atomic mass is 16.6. The fourth-order valence-corrected chi connectivity index (χ4v) is 1.98. The maximum absolute atomic E-state index is 11.4. The van der Waals surface area contributed by atoms with E-state index in [4.69, 9.17) is 4.74 Å². The molecule has 16 heavy (non-hydrogen) atoms. The normalized spacial score (nSPS) is 26.8. The molecule has 1 aromatic heterocycles. The fourth-order valence-electron chi connectivity index (χ4n) is 1.98. The van der Waals surface area contributed by atoms with Crippen molar-refractivity contribution in [3.63, 3.8) is 0 Å². The van der Waals surface area contributed by atoms with Crippen molar-refractivity contribution >= 4 is 5.97 Å². The first-order valence-corrected chi connectivity index (χ1v) is 5.59. The molecule has 0 aromatic carbocycles. The van der Waals surface area contributed by atoms with Gasteiger partial charge >= 0.3 is 5.97 Å². The Morgan fingerprint density at radius 2 is 2.56 bits per heavy atom. The molecule has 1 fully saturated rings. The minimum atomic E-state index is -0.166. The second-order valence-electron chi connectivity index (χ2n) is 4.33. The van der Waals surface area contributed by atoms with Crippen molar-refractivity contribution in [1.29, 1.82) is 0 Å². The van der Waals surface area contributed by atoms with Crippen LogP contribution in [0.25, 0.3) is 0 Å². The average molecular weight is 223 g/mol. The first kappa shape index (κ1) is 11.1. The highest BCUT2D eigenvalue weighted by Crippen LogP contribution is 2.14. The van der Waals surface area contributed by atoms with Gasteiger partial charge in [0.2, 0.25) is 0 Å². The van der Waals surface area contributed by atoms with Crippen LogP contribution in [0.1, 0.15) is 20.3 Å². The highest BCUT2D eigenvalue weighted by molar-refractivity contribution is 5.77. The van der Waals surface area contributed by atoms with E-state index < -0.39 is 0 Å². The first-order chi connectivity index (χ1) is 7.65. The molecular formula is C11H17N3O2. The lowest BCUT2D eigenvalue weighted by molar-refractivity contribution is -0.142. The van der Waals surface area contributed by atoms with Gasteiger partial charge in [-0.25, -0.2) is 0 Å². The number of carbonyl (C=O) groups excluding carboxylic acids is 1. The lowest BCUT2D eigenvalue weighted by atomic mass is 10.1. The largest absolute Gasteiger partial charge is 0.461 e. The zero-order valence-electron chi connectivity index (χ0n) is 9.59. The van der Waals surface area contributed by atoms with E-state index in [1.54, 1.807) is 6.20 Å². The Labute approximate surface area is 94.8 Å². The first-order valence-electron chi connectivity index (χ1n) is 5.59. The maximum atomic E-state index is 11.4. The van der Waals surface area contributed by atoms with Gasteiger partial charge in [0.15, 0.2) is 0 Å². The van der Waals surface area contributed by atoms with E-state index in [9.17, 15) is 4.79 Å². The monoisotopic (exact) mass is 223 g/mol. The predicted octanol–water partition coefficient (Wildman–Crippen LogP) is 0.565. The summed E-state index contributed by atoms with van der Waals surface area (Å²) in [4.78, 5) is 11.4. The van der Waals surface area contributed by atoms with Crippen LogP contribution < -0.4 is 5.32 Å². The zero-order valence-corrected chi connectivity index (χ0v) is 9.59. The molecule has 1 saturated heterocycles. The van der Waals surface area contributed by atoms with E-state index in [-0.39, 0.29) is 24.2 Å². The number of cyclic esters (lactones) is 1. The summed E-state index contributed by atoms with van der Waals surface area (Å²) in [5.74, 6) is -0.139. The number of nitrogens with one attached hydrogen (secondary N) is 1. The molecule has 2 rings (SSSR count). The van der Waals surface area contributed by atoms with Crippen LogP contribution in [-0.2, 0) is 16.1 Å². The van der Waals surface area contributed by atoms with E-state index in [1.807, 2.05) is 30.8 Å². The van der Waals surface area contributed by atoms with Crippen LogP contribution in [0.5, 0.6) is 0 Å². The van der Waals surface area contributed by atoms with Crippen molar-refractivity contribution in [2.45, 2.75) is 45.0 Å². The van der Waals surface area contributed by atoms with Crippen LogP contribution in [0.15, 0.2) is 18.5 Å². The van der Waals surface area contributed by atoms with Crippen molar-refractivity contribution < 1.29 is 9.53 Å². The smallest absolute Gasteiger partial charge is 0.323 e. The number of hydrogen-bond donors (Lipinski definition) is 1. The molecule has 5 nitrogen and oxygen atoms in total. The Kier molecular flexibility index (Phi) is 3.24. The number of carbonyl (C=O) groups is 1.